The lowest BCUT2D eigenvalue weighted by Crippen LogP contribution is -2.61. The van der Waals surface area contributed by atoms with Gasteiger partial charge in [0.1, 0.15) is 12.1 Å². The van der Waals surface area contributed by atoms with Crippen LogP contribution < -0.4 is 5.32 Å². The Balaban J connectivity index is 1.28. The Bertz CT molecular complexity index is 1080. The first-order chi connectivity index (χ1) is 17.0. The van der Waals surface area contributed by atoms with Crippen molar-refractivity contribution < 1.29 is 29.0 Å². The zero-order chi connectivity index (χ0) is 24.4. The molecule has 0 bridgehead atoms. The molecule has 1 saturated heterocycles. The molecule has 184 valence electrons. The second-order valence-corrected chi connectivity index (χ2v) is 9.67. The Hall–Kier alpha value is -3.39. The summed E-state index contributed by atoms with van der Waals surface area (Å²) in [5.74, 6) is -0.945. The fourth-order valence-corrected chi connectivity index (χ4v) is 5.14. The van der Waals surface area contributed by atoms with Crippen LogP contribution in [0.4, 0.5) is 4.79 Å². The summed E-state index contributed by atoms with van der Waals surface area (Å²) in [4.78, 5) is 39.2. The van der Waals surface area contributed by atoms with Crippen LogP contribution in [0.2, 0.25) is 0 Å². The Morgan fingerprint density at radius 1 is 1.06 bits per heavy atom. The zero-order valence-electron chi connectivity index (χ0n) is 19.6. The third-order valence-electron chi connectivity index (χ3n) is 7.17. The van der Waals surface area contributed by atoms with E-state index in [0.717, 1.165) is 35.1 Å². The molecule has 8 heteroatoms. The maximum atomic E-state index is 13.5. The number of aliphatic carboxylic acids is 1. The number of nitrogens with zero attached hydrogens (tertiary/aromatic N) is 1. The average molecular weight is 479 g/mol. The fraction of sp³-hybridized carbons (Fsp3) is 0.444. The van der Waals surface area contributed by atoms with E-state index in [2.05, 4.69) is 29.6 Å². The van der Waals surface area contributed by atoms with Crippen molar-refractivity contribution in [2.45, 2.75) is 37.1 Å². The van der Waals surface area contributed by atoms with E-state index in [1.807, 2.05) is 24.3 Å². The Kier molecular flexibility index (Phi) is 6.47. The minimum absolute atomic E-state index is 0.0459. The molecule has 0 aromatic heterocycles. The summed E-state index contributed by atoms with van der Waals surface area (Å²) in [5, 5.41) is 11.9. The van der Waals surface area contributed by atoms with E-state index in [4.69, 9.17) is 14.6 Å². The van der Waals surface area contributed by atoms with Gasteiger partial charge in [-0.05, 0) is 41.0 Å². The summed E-state index contributed by atoms with van der Waals surface area (Å²) in [6, 6.07) is 16.2. The van der Waals surface area contributed by atoms with Crippen LogP contribution in [0.15, 0.2) is 48.5 Å². The van der Waals surface area contributed by atoms with Crippen molar-refractivity contribution >= 4 is 18.0 Å². The van der Waals surface area contributed by atoms with Crippen molar-refractivity contribution in [3.05, 3.63) is 59.7 Å². The first-order valence-electron chi connectivity index (χ1n) is 12.2. The number of hydrogen-bond acceptors (Lipinski definition) is 5. The van der Waals surface area contributed by atoms with Gasteiger partial charge < -0.3 is 24.8 Å². The number of carbonyl (C=O) groups excluding carboxylic acids is 2. The summed E-state index contributed by atoms with van der Waals surface area (Å²) in [6.45, 7) is 1.14. The maximum absolute atomic E-state index is 13.5. The number of carbonyl (C=O) groups is 3. The van der Waals surface area contributed by atoms with Crippen molar-refractivity contribution in [1.82, 2.24) is 10.2 Å². The van der Waals surface area contributed by atoms with Crippen molar-refractivity contribution in [1.29, 1.82) is 0 Å². The van der Waals surface area contributed by atoms with Gasteiger partial charge in [-0.3, -0.25) is 9.59 Å². The molecule has 35 heavy (non-hydrogen) atoms. The molecule has 2 aromatic carbocycles. The minimum Gasteiger partial charge on any atom is -0.481 e. The Labute approximate surface area is 204 Å². The molecule has 2 amide bonds. The SMILES string of the molecule is O=C(O)CCN(CC1CC1)C(=O)C1(NC(=O)OCC2c3ccccc3-c3ccccc32)CCOC1. The maximum Gasteiger partial charge on any atom is 0.408 e. The third-order valence-corrected chi connectivity index (χ3v) is 7.17. The van der Waals surface area contributed by atoms with Crippen LogP contribution in [-0.2, 0) is 19.1 Å². The smallest absolute Gasteiger partial charge is 0.408 e. The highest BCUT2D eigenvalue weighted by Gasteiger charge is 2.47. The number of benzene rings is 2. The predicted molar refractivity (Wildman–Crippen MR) is 128 cm³/mol. The van der Waals surface area contributed by atoms with E-state index in [1.54, 1.807) is 4.90 Å². The summed E-state index contributed by atoms with van der Waals surface area (Å²) < 4.78 is 11.2. The van der Waals surface area contributed by atoms with Crippen LogP contribution in [0, 0.1) is 5.92 Å². The van der Waals surface area contributed by atoms with Crippen LogP contribution in [0.25, 0.3) is 11.1 Å². The Morgan fingerprint density at radius 2 is 1.71 bits per heavy atom. The van der Waals surface area contributed by atoms with Gasteiger partial charge in [-0.15, -0.1) is 0 Å². The predicted octanol–water partition coefficient (Wildman–Crippen LogP) is 3.40. The lowest BCUT2D eigenvalue weighted by atomic mass is 9.96. The number of carboxylic acid groups (broad SMARTS) is 1. The second kappa shape index (κ2) is 9.70. The lowest BCUT2D eigenvalue weighted by Gasteiger charge is -2.33. The van der Waals surface area contributed by atoms with Crippen LogP contribution in [0.5, 0.6) is 0 Å². The molecular weight excluding hydrogens is 448 g/mol. The van der Waals surface area contributed by atoms with Gasteiger partial charge in [0.15, 0.2) is 0 Å². The summed E-state index contributed by atoms with van der Waals surface area (Å²) in [7, 11) is 0. The van der Waals surface area contributed by atoms with Gasteiger partial charge in [0, 0.05) is 32.0 Å². The lowest BCUT2D eigenvalue weighted by molar-refractivity contribution is -0.141. The Morgan fingerprint density at radius 3 is 2.29 bits per heavy atom. The monoisotopic (exact) mass is 478 g/mol. The number of rotatable bonds is 9. The van der Waals surface area contributed by atoms with E-state index in [1.165, 1.54) is 0 Å². The minimum atomic E-state index is -1.24. The van der Waals surface area contributed by atoms with Crippen LogP contribution in [0.3, 0.4) is 0 Å². The topological polar surface area (TPSA) is 105 Å². The quantitative estimate of drug-likeness (QED) is 0.572. The standard InChI is InChI=1S/C27H30N2O6/c30-24(31)11-13-29(15-18-9-10-18)25(32)27(12-14-34-17-27)28-26(33)35-16-23-21-7-3-1-5-19(21)20-6-2-4-8-22(20)23/h1-8,18,23H,9-17H2,(H,28,33)(H,30,31). The molecule has 2 aliphatic carbocycles. The number of carboxylic acids is 1. The normalized spacial score (nSPS) is 20.7. The van der Waals surface area contributed by atoms with E-state index in [0.29, 0.717) is 25.5 Å². The molecule has 0 radical (unpaired) electrons. The molecule has 5 rings (SSSR count). The first kappa shape index (κ1) is 23.4. The molecule has 1 heterocycles. The van der Waals surface area contributed by atoms with Gasteiger partial charge in [-0.25, -0.2) is 4.79 Å². The molecule has 2 aromatic rings. The first-order valence-corrected chi connectivity index (χ1v) is 12.2. The van der Waals surface area contributed by atoms with Gasteiger partial charge in [0.05, 0.1) is 13.0 Å². The van der Waals surface area contributed by atoms with Gasteiger partial charge in [0.2, 0.25) is 0 Å². The molecule has 2 N–H and O–H groups in total. The summed E-state index contributed by atoms with van der Waals surface area (Å²) in [6.07, 6.45) is 1.57. The molecule has 8 nitrogen and oxygen atoms in total. The molecule has 3 aliphatic rings. The number of nitrogens with one attached hydrogen (secondary N) is 1. The van der Waals surface area contributed by atoms with Gasteiger partial charge >= 0.3 is 12.1 Å². The van der Waals surface area contributed by atoms with Crippen molar-refractivity contribution in [2.75, 3.05) is 32.9 Å². The van der Waals surface area contributed by atoms with E-state index >= 15 is 0 Å². The van der Waals surface area contributed by atoms with Gasteiger partial charge in [0.25, 0.3) is 5.91 Å². The van der Waals surface area contributed by atoms with Crippen molar-refractivity contribution in [2.24, 2.45) is 5.92 Å². The van der Waals surface area contributed by atoms with E-state index in [9.17, 15) is 14.4 Å². The largest absolute Gasteiger partial charge is 0.481 e. The molecule has 1 unspecified atom stereocenters. The van der Waals surface area contributed by atoms with E-state index < -0.39 is 17.6 Å². The molecule has 0 spiro atoms. The van der Waals surface area contributed by atoms with Gasteiger partial charge in [-0.2, -0.15) is 0 Å². The van der Waals surface area contributed by atoms with Crippen molar-refractivity contribution in [3.8, 4) is 11.1 Å². The van der Waals surface area contributed by atoms with Crippen LogP contribution >= 0.6 is 0 Å². The van der Waals surface area contributed by atoms with Crippen molar-refractivity contribution in [3.63, 3.8) is 0 Å². The van der Waals surface area contributed by atoms with E-state index in [-0.39, 0.29) is 38.0 Å². The number of fused-ring (bicyclic) bond motifs is 3. The number of hydrogen-bond donors (Lipinski definition) is 2. The fourth-order valence-electron chi connectivity index (χ4n) is 5.14. The number of alkyl carbamates (subject to hydrolysis) is 1. The highest BCUT2D eigenvalue weighted by Crippen LogP contribution is 2.44. The molecule has 1 aliphatic heterocycles. The van der Waals surface area contributed by atoms with Gasteiger partial charge in [-0.1, -0.05) is 48.5 Å². The highest BCUT2D eigenvalue weighted by atomic mass is 16.6. The van der Waals surface area contributed by atoms with Crippen LogP contribution in [-0.4, -0.2) is 66.4 Å². The molecule has 1 saturated carbocycles. The molecule has 1 atom stereocenters. The van der Waals surface area contributed by atoms with Crippen LogP contribution in [0.1, 0.15) is 42.7 Å². The average Bonchev–Trinajstić information content (AvgIpc) is 3.46. The summed E-state index contributed by atoms with van der Waals surface area (Å²) >= 11 is 0. The summed E-state index contributed by atoms with van der Waals surface area (Å²) in [5.41, 5.74) is 3.27. The second-order valence-electron chi connectivity index (χ2n) is 9.67. The zero-order valence-corrected chi connectivity index (χ0v) is 19.6. The number of amides is 2. The number of ether oxygens (including phenoxy) is 2. The third kappa shape index (κ3) is 4.89. The molecular formula is C27H30N2O6. The highest BCUT2D eigenvalue weighted by molar-refractivity contribution is 5.91. The molecule has 2 fully saturated rings.